The van der Waals surface area contributed by atoms with Crippen molar-refractivity contribution in [2.45, 2.75) is 38.2 Å². The van der Waals surface area contributed by atoms with E-state index in [-0.39, 0.29) is 11.5 Å². The van der Waals surface area contributed by atoms with Crippen LogP contribution in [0.4, 0.5) is 0 Å². The van der Waals surface area contributed by atoms with Crippen molar-refractivity contribution in [3.05, 3.63) is 33.8 Å². The lowest BCUT2D eigenvalue weighted by Crippen LogP contribution is -2.40. The summed E-state index contributed by atoms with van der Waals surface area (Å²) in [6.07, 6.45) is 4.54. The first-order chi connectivity index (χ1) is 8.63. The number of methoxy groups -OCH3 is 1. The number of carbonyl (C=O) groups is 1. The molecule has 1 saturated carbocycles. The maximum absolute atomic E-state index is 12.4. The van der Waals surface area contributed by atoms with E-state index in [4.69, 9.17) is 4.74 Å². The van der Waals surface area contributed by atoms with Crippen LogP contribution in [0.2, 0.25) is 0 Å². The lowest BCUT2D eigenvalue weighted by Gasteiger charge is -2.35. The first kappa shape index (κ1) is 12.4. The molecule has 1 fully saturated rings. The Balaban J connectivity index is 1.86. The van der Waals surface area contributed by atoms with Crippen LogP contribution in [0.1, 0.15) is 30.4 Å². The van der Waals surface area contributed by atoms with Gasteiger partial charge in [-0.05, 0) is 48.9 Å². The van der Waals surface area contributed by atoms with E-state index >= 15 is 0 Å². The van der Waals surface area contributed by atoms with Gasteiger partial charge in [0.2, 0.25) is 0 Å². The molecule has 0 aromatic heterocycles. The Morgan fingerprint density at radius 3 is 2.83 bits per heavy atom. The number of benzene rings is 1. The van der Waals surface area contributed by atoms with Crippen LogP contribution in [-0.4, -0.2) is 19.0 Å². The summed E-state index contributed by atoms with van der Waals surface area (Å²) in [7, 11) is 1.70. The molecule has 1 aromatic rings. The van der Waals surface area contributed by atoms with Gasteiger partial charge >= 0.3 is 0 Å². The van der Waals surface area contributed by atoms with Crippen molar-refractivity contribution in [3.63, 3.8) is 0 Å². The number of rotatable bonds is 1. The van der Waals surface area contributed by atoms with Gasteiger partial charge in [0.15, 0.2) is 0 Å². The lowest BCUT2D eigenvalue weighted by atomic mass is 9.70. The van der Waals surface area contributed by atoms with Gasteiger partial charge in [0, 0.05) is 23.4 Å². The monoisotopic (exact) mass is 308 g/mol. The molecule has 96 valence electrons. The van der Waals surface area contributed by atoms with Gasteiger partial charge in [0.1, 0.15) is 5.78 Å². The highest BCUT2D eigenvalue weighted by Crippen LogP contribution is 2.46. The van der Waals surface area contributed by atoms with E-state index in [0.29, 0.717) is 12.2 Å². The standard InChI is InChI=1S/C15H17BrO2/c1-18-13-4-5-15(14(17)7-13)8-10-2-3-12(16)6-11(10)9-15/h2-3,6,13H,4-5,7-9H2,1H3/t13-,15?/m1/s1. The minimum atomic E-state index is -0.127. The number of halogens is 1. The molecule has 2 atom stereocenters. The summed E-state index contributed by atoms with van der Waals surface area (Å²) in [6, 6.07) is 6.40. The fourth-order valence-electron chi connectivity index (χ4n) is 3.40. The Bertz CT molecular complexity index is 497. The van der Waals surface area contributed by atoms with Gasteiger partial charge in [-0.2, -0.15) is 0 Å². The van der Waals surface area contributed by atoms with Crippen LogP contribution < -0.4 is 0 Å². The van der Waals surface area contributed by atoms with Crippen LogP contribution >= 0.6 is 15.9 Å². The zero-order chi connectivity index (χ0) is 12.8. The number of Topliss-reactive ketones (excluding diaryl/α,β-unsaturated/α-hetero) is 1. The molecular weight excluding hydrogens is 292 g/mol. The van der Waals surface area contributed by atoms with Gasteiger partial charge in [0.25, 0.3) is 0 Å². The highest BCUT2D eigenvalue weighted by atomic mass is 79.9. The van der Waals surface area contributed by atoms with Gasteiger partial charge < -0.3 is 4.74 Å². The van der Waals surface area contributed by atoms with Gasteiger partial charge in [-0.15, -0.1) is 0 Å². The fourth-order valence-corrected chi connectivity index (χ4v) is 3.81. The van der Waals surface area contributed by atoms with Crippen molar-refractivity contribution in [2.24, 2.45) is 5.41 Å². The Hall–Kier alpha value is -0.670. The van der Waals surface area contributed by atoms with Gasteiger partial charge in [0.05, 0.1) is 6.10 Å². The molecule has 0 bridgehead atoms. The summed E-state index contributed by atoms with van der Waals surface area (Å²) < 4.78 is 6.44. The fraction of sp³-hybridized carbons (Fsp3) is 0.533. The summed E-state index contributed by atoms with van der Waals surface area (Å²) in [5.41, 5.74) is 2.56. The van der Waals surface area contributed by atoms with E-state index in [9.17, 15) is 4.79 Å². The van der Waals surface area contributed by atoms with Gasteiger partial charge in [-0.3, -0.25) is 4.79 Å². The van der Waals surface area contributed by atoms with Gasteiger partial charge in [-0.25, -0.2) is 0 Å². The number of hydrogen-bond donors (Lipinski definition) is 0. The molecule has 1 unspecified atom stereocenters. The maximum atomic E-state index is 12.4. The van der Waals surface area contributed by atoms with E-state index in [1.165, 1.54) is 11.1 Å². The molecule has 2 aliphatic carbocycles. The van der Waals surface area contributed by atoms with Crippen molar-refractivity contribution in [1.29, 1.82) is 0 Å². The highest BCUT2D eigenvalue weighted by Gasteiger charge is 2.46. The van der Waals surface area contributed by atoms with Crippen LogP contribution in [0, 0.1) is 5.41 Å². The molecule has 0 heterocycles. The summed E-state index contributed by atoms with van der Waals surface area (Å²) in [6.45, 7) is 0. The predicted molar refractivity (Wildman–Crippen MR) is 73.6 cm³/mol. The third kappa shape index (κ3) is 1.94. The van der Waals surface area contributed by atoms with E-state index < -0.39 is 0 Å². The van der Waals surface area contributed by atoms with Crippen LogP contribution in [0.25, 0.3) is 0 Å². The third-order valence-electron chi connectivity index (χ3n) is 4.51. The Morgan fingerprint density at radius 2 is 2.11 bits per heavy atom. The Kier molecular flexibility index (Phi) is 3.07. The first-order valence-corrected chi connectivity index (χ1v) is 7.26. The Morgan fingerprint density at radius 1 is 1.33 bits per heavy atom. The van der Waals surface area contributed by atoms with E-state index in [0.717, 1.165) is 30.2 Å². The largest absolute Gasteiger partial charge is 0.381 e. The van der Waals surface area contributed by atoms with E-state index in [1.807, 2.05) is 0 Å². The highest BCUT2D eigenvalue weighted by molar-refractivity contribution is 9.10. The SMILES string of the molecule is CO[C@@H]1CCC2(Cc3ccc(Br)cc3C2)C(=O)C1. The summed E-state index contributed by atoms with van der Waals surface area (Å²) >= 11 is 3.51. The molecular formula is C15H17BrO2. The van der Waals surface area contributed by atoms with Gasteiger partial charge in [-0.1, -0.05) is 22.0 Å². The summed E-state index contributed by atoms with van der Waals surface area (Å²) in [4.78, 5) is 12.4. The van der Waals surface area contributed by atoms with Crippen LogP contribution in [0.15, 0.2) is 22.7 Å². The van der Waals surface area contributed by atoms with E-state index in [2.05, 4.69) is 34.1 Å². The summed E-state index contributed by atoms with van der Waals surface area (Å²) in [5.74, 6) is 0.396. The number of ketones is 1. The van der Waals surface area contributed by atoms with Crippen molar-refractivity contribution < 1.29 is 9.53 Å². The second-order valence-corrected chi connectivity index (χ2v) is 6.49. The molecule has 0 N–H and O–H groups in total. The normalized spacial score (nSPS) is 30.8. The maximum Gasteiger partial charge on any atom is 0.142 e. The zero-order valence-corrected chi connectivity index (χ0v) is 12.1. The second kappa shape index (κ2) is 4.46. The molecule has 18 heavy (non-hydrogen) atoms. The summed E-state index contributed by atoms with van der Waals surface area (Å²) in [5, 5.41) is 0. The molecule has 0 aliphatic heterocycles. The molecule has 1 spiro atoms. The molecule has 1 aromatic carbocycles. The average Bonchev–Trinajstić information content (AvgIpc) is 2.71. The average molecular weight is 309 g/mol. The zero-order valence-electron chi connectivity index (χ0n) is 10.5. The number of ether oxygens (including phenoxy) is 1. The minimum Gasteiger partial charge on any atom is -0.381 e. The quantitative estimate of drug-likeness (QED) is 0.795. The third-order valence-corrected chi connectivity index (χ3v) is 5.00. The van der Waals surface area contributed by atoms with Crippen molar-refractivity contribution in [2.75, 3.05) is 7.11 Å². The Labute approximate surface area is 116 Å². The van der Waals surface area contributed by atoms with Crippen LogP contribution in [0.3, 0.4) is 0 Å². The topological polar surface area (TPSA) is 26.3 Å². The molecule has 2 nitrogen and oxygen atoms in total. The molecule has 0 saturated heterocycles. The van der Waals surface area contributed by atoms with Crippen LogP contribution in [-0.2, 0) is 22.4 Å². The predicted octanol–water partition coefficient (Wildman–Crippen LogP) is 3.30. The van der Waals surface area contributed by atoms with E-state index in [1.54, 1.807) is 7.11 Å². The molecule has 2 aliphatic rings. The number of carbonyl (C=O) groups excluding carboxylic acids is 1. The first-order valence-electron chi connectivity index (χ1n) is 6.46. The molecule has 0 amide bonds. The van der Waals surface area contributed by atoms with Crippen molar-refractivity contribution in [1.82, 2.24) is 0 Å². The van der Waals surface area contributed by atoms with Crippen molar-refractivity contribution >= 4 is 21.7 Å². The lowest BCUT2D eigenvalue weighted by molar-refractivity contribution is -0.135. The molecule has 3 heteroatoms. The smallest absolute Gasteiger partial charge is 0.142 e. The minimum absolute atomic E-state index is 0.127. The number of fused-ring (bicyclic) bond motifs is 1. The molecule has 0 radical (unpaired) electrons. The van der Waals surface area contributed by atoms with Crippen LogP contribution in [0.5, 0.6) is 0 Å². The second-order valence-electron chi connectivity index (χ2n) is 5.57. The van der Waals surface area contributed by atoms with Crippen molar-refractivity contribution in [3.8, 4) is 0 Å². The molecule has 3 rings (SSSR count). The number of hydrogen-bond acceptors (Lipinski definition) is 2.